The highest BCUT2D eigenvalue weighted by Gasteiger charge is 2.10. The highest BCUT2D eigenvalue weighted by Crippen LogP contribution is 2.20. The van der Waals surface area contributed by atoms with Gasteiger partial charge in [0.15, 0.2) is 0 Å². The molecule has 0 saturated heterocycles. The number of carbonyl (C=O) groups is 1. The van der Waals surface area contributed by atoms with Crippen LogP contribution in [0.15, 0.2) is 90.0 Å². The van der Waals surface area contributed by atoms with Gasteiger partial charge in [-0.1, -0.05) is 42.5 Å². The van der Waals surface area contributed by atoms with Gasteiger partial charge in [-0.05, 0) is 67.4 Å². The molecule has 34 heavy (non-hydrogen) atoms. The van der Waals surface area contributed by atoms with Crippen LogP contribution < -0.4 is 5.43 Å². The number of aromatic nitrogens is 1. The smallest absolute Gasteiger partial charge is 0.271 e. The van der Waals surface area contributed by atoms with Gasteiger partial charge in [0.05, 0.1) is 6.21 Å². The second kappa shape index (κ2) is 11.0. The van der Waals surface area contributed by atoms with Gasteiger partial charge in [0.25, 0.3) is 5.91 Å². The van der Waals surface area contributed by atoms with Crippen LogP contribution >= 0.6 is 11.8 Å². The van der Waals surface area contributed by atoms with Gasteiger partial charge >= 0.3 is 0 Å². The van der Waals surface area contributed by atoms with E-state index in [1.54, 1.807) is 18.3 Å². The molecule has 6 heteroatoms. The van der Waals surface area contributed by atoms with E-state index in [1.165, 1.54) is 23.3 Å². The number of aryl methyl sites for hydroxylation is 1. The van der Waals surface area contributed by atoms with Gasteiger partial charge in [-0.3, -0.25) is 4.79 Å². The fourth-order valence-corrected chi connectivity index (χ4v) is 4.70. The zero-order valence-corrected chi connectivity index (χ0v) is 20.0. The Morgan fingerprint density at radius 2 is 1.59 bits per heavy atom. The maximum absolute atomic E-state index is 13.3. The van der Waals surface area contributed by atoms with Gasteiger partial charge in [0.1, 0.15) is 5.82 Å². The molecular weight excluding hydrogens is 445 g/mol. The van der Waals surface area contributed by atoms with Crippen molar-refractivity contribution in [3.05, 3.63) is 124 Å². The first-order valence-corrected chi connectivity index (χ1v) is 12.2. The average molecular weight is 472 g/mol. The largest absolute Gasteiger partial charge is 0.318 e. The number of rotatable bonds is 8. The first-order valence-electron chi connectivity index (χ1n) is 11.0. The van der Waals surface area contributed by atoms with Gasteiger partial charge in [-0.15, -0.1) is 0 Å². The van der Waals surface area contributed by atoms with Crippen molar-refractivity contribution in [3.63, 3.8) is 0 Å². The summed E-state index contributed by atoms with van der Waals surface area (Å²) in [6.45, 7) is 3.94. The summed E-state index contributed by atoms with van der Waals surface area (Å²) in [7, 11) is 0. The fourth-order valence-electron chi connectivity index (χ4n) is 3.74. The second-order valence-electron chi connectivity index (χ2n) is 8.01. The maximum Gasteiger partial charge on any atom is 0.271 e. The topological polar surface area (TPSA) is 46.4 Å². The highest BCUT2D eigenvalue weighted by molar-refractivity contribution is 7.97. The molecule has 0 radical (unpaired) electrons. The number of nitrogens with zero attached hydrogens (tertiary/aromatic N) is 2. The molecule has 0 aliphatic heterocycles. The van der Waals surface area contributed by atoms with E-state index in [9.17, 15) is 9.18 Å². The number of hydrogen-bond donors (Lipinski definition) is 1. The number of hydrogen-bond acceptors (Lipinski definition) is 3. The van der Waals surface area contributed by atoms with Crippen molar-refractivity contribution in [1.29, 1.82) is 0 Å². The summed E-state index contributed by atoms with van der Waals surface area (Å²) in [6.07, 6.45) is 1.63. The van der Waals surface area contributed by atoms with E-state index in [0.717, 1.165) is 34.1 Å². The van der Waals surface area contributed by atoms with Gasteiger partial charge in [0.2, 0.25) is 0 Å². The predicted molar refractivity (Wildman–Crippen MR) is 138 cm³/mol. The number of hydrazone groups is 1. The Kier molecular flexibility index (Phi) is 7.60. The van der Waals surface area contributed by atoms with Crippen LogP contribution in [0.3, 0.4) is 0 Å². The zero-order valence-electron chi connectivity index (χ0n) is 19.2. The van der Waals surface area contributed by atoms with Crippen LogP contribution in [-0.4, -0.2) is 16.7 Å². The number of thioether (sulfide) groups is 1. The van der Waals surface area contributed by atoms with E-state index in [4.69, 9.17) is 0 Å². The van der Waals surface area contributed by atoms with Gasteiger partial charge in [-0.2, -0.15) is 16.9 Å². The van der Waals surface area contributed by atoms with Crippen molar-refractivity contribution in [3.8, 4) is 5.69 Å². The molecule has 0 unspecified atom stereocenters. The summed E-state index contributed by atoms with van der Waals surface area (Å²) >= 11 is 1.84. The minimum absolute atomic E-state index is 0.257. The zero-order chi connectivity index (χ0) is 23.9. The molecule has 0 spiro atoms. The molecule has 1 N–H and O–H groups in total. The lowest BCUT2D eigenvalue weighted by molar-refractivity contribution is 0.0955. The molecule has 0 aliphatic rings. The monoisotopic (exact) mass is 471 g/mol. The average Bonchev–Trinajstić information content (AvgIpc) is 3.13. The first kappa shape index (κ1) is 23.5. The van der Waals surface area contributed by atoms with Crippen LogP contribution in [0.4, 0.5) is 4.39 Å². The van der Waals surface area contributed by atoms with Crippen LogP contribution in [0, 0.1) is 19.7 Å². The van der Waals surface area contributed by atoms with E-state index in [-0.39, 0.29) is 11.7 Å². The normalized spacial score (nSPS) is 11.1. The van der Waals surface area contributed by atoms with E-state index in [2.05, 4.69) is 34.8 Å². The van der Waals surface area contributed by atoms with E-state index in [1.807, 2.05) is 66.6 Å². The molecule has 0 saturated carbocycles. The summed E-state index contributed by atoms with van der Waals surface area (Å²) < 4.78 is 15.3. The van der Waals surface area contributed by atoms with Crippen LogP contribution in [-0.2, 0) is 11.5 Å². The Hall–Kier alpha value is -3.64. The molecule has 1 amide bonds. The fraction of sp³-hybridized carbons (Fsp3) is 0.143. The molecule has 4 rings (SSSR count). The predicted octanol–water partition coefficient (Wildman–Crippen LogP) is 6.43. The number of halogens is 1. The summed E-state index contributed by atoms with van der Waals surface area (Å²) in [6, 6.07) is 26.3. The van der Waals surface area contributed by atoms with E-state index < -0.39 is 0 Å². The third-order valence-electron chi connectivity index (χ3n) is 5.52. The standard InChI is InChI=1S/C28H26FN3OS/c1-20-16-25(21(2)32(20)27-14-12-26(29)13-15-27)17-30-31-28(33)24-10-8-23(9-11-24)19-34-18-22-6-4-3-5-7-22/h3-17H,18-19H2,1-2H3,(H,31,33)/b30-17-. The molecular formula is C28H26FN3OS. The van der Waals surface area contributed by atoms with Crippen molar-refractivity contribution in [1.82, 2.24) is 9.99 Å². The maximum atomic E-state index is 13.3. The second-order valence-corrected chi connectivity index (χ2v) is 9.00. The van der Waals surface area contributed by atoms with E-state index >= 15 is 0 Å². The minimum Gasteiger partial charge on any atom is -0.318 e. The third kappa shape index (κ3) is 5.83. The molecule has 0 fully saturated rings. The van der Waals surface area contributed by atoms with Crippen molar-refractivity contribution in [2.75, 3.05) is 0 Å². The molecule has 172 valence electrons. The summed E-state index contributed by atoms with van der Waals surface area (Å²) in [5, 5.41) is 4.14. The van der Waals surface area contributed by atoms with Crippen LogP contribution in [0.25, 0.3) is 5.69 Å². The van der Waals surface area contributed by atoms with Crippen molar-refractivity contribution in [2.45, 2.75) is 25.4 Å². The molecule has 4 nitrogen and oxygen atoms in total. The molecule has 4 aromatic rings. The van der Waals surface area contributed by atoms with Crippen LogP contribution in [0.2, 0.25) is 0 Å². The van der Waals surface area contributed by atoms with Crippen molar-refractivity contribution < 1.29 is 9.18 Å². The molecule has 1 heterocycles. The Morgan fingerprint density at radius 3 is 2.26 bits per heavy atom. The highest BCUT2D eigenvalue weighted by atomic mass is 32.2. The van der Waals surface area contributed by atoms with Crippen LogP contribution in [0.5, 0.6) is 0 Å². The SMILES string of the molecule is Cc1cc(/C=N\NC(=O)c2ccc(CSCc3ccccc3)cc2)c(C)n1-c1ccc(F)cc1. The van der Waals surface area contributed by atoms with Crippen molar-refractivity contribution in [2.24, 2.45) is 5.10 Å². The molecule has 0 aliphatic carbocycles. The molecule has 0 atom stereocenters. The summed E-state index contributed by atoms with van der Waals surface area (Å²) in [5.74, 6) is 1.32. The summed E-state index contributed by atoms with van der Waals surface area (Å²) in [4.78, 5) is 12.5. The Labute approximate surface area is 203 Å². The Bertz CT molecular complexity index is 1280. The number of nitrogens with one attached hydrogen (secondary N) is 1. The Morgan fingerprint density at radius 1 is 0.941 bits per heavy atom. The third-order valence-corrected chi connectivity index (χ3v) is 6.60. The lowest BCUT2D eigenvalue weighted by Crippen LogP contribution is -2.17. The lowest BCUT2D eigenvalue weighted by Gasteiger charge is -2.09. The Balaban J connectivity index is 1.33. The lowest BCUT2D eigenvalue weighted by atomic mass is 10.1. The van der Waals surface area contributed by atoms with Gasteiger partial charge < -0.3 is 4.57 Å². The van der Waals surface area contributed by atoms with Crippen LogP contribution in [0.1, 0.15) is 38.4 Å². The number of amides is 1. The first-order chi connectivity index (χ1) is 16.5. The van der Waals surface area contributed by atoms with Crippen molar-refractivity contribution >= 4 is 23.9 Å². The summed E-state index contributed by atoms with van der Waals surface area (Å²) in [5.41, 5.74) is 9.36. The van der Waals surface area contributed by atoms with E-state index in [0.29, 0.717) is 5.56 Å². The number of benzene rings is 3. The number of carbonyl (C=O) groups excluding carboxylic acids is 1. The molecule has 3 aromatic carbocycles. The molecule has 0 bridgehead atoms. The minimum atomic E-state index is -0.269. The van der Waals surface area contributed by atoms with Gasteiger partial charge in [-0.25, -0.2) is 9.82 Å². The molecule has 1 aromatic heterocycles. The van der Waals surface area contributed by atoms with Gasteiger partial charge in [0, 0.05) is 39.7 Å². The quantitative estimate of drug-likeness (QED) is 0.238.